The number of rotatable bonds is 4. The van der Waals surface area contributed by atoms with Crippen LogP contribution in [0.3, 0.4) is 0 Å². The quantitative estimate of drug-likeness (QED) is 0.236. The average molecular weight is 186 g/mol. The number of carbonyl (C=O) groups is 1. The van der Waals surface area contributed by atoms with E-state index in [9.17, 15) is 4.79 Å². The van der Waals surface area contributed by atoms with Gasteiger partial charge in [0.25, 0.3) is 0 Å². The molecule has 0 bridgehead atoms. The van der Waals surface area contributed by atoms with Crippen LogP contribution in [-0.2, 0) is 9.57 Å². The Bertz CT molecular complexity index is 202. The Balaban J connectivity index is 3.90. The molecule has 0 aliphatic rings. The first-order chi connectivity index (χ1) is 6.24. The van der Waals surface area contributed by atoms with Crippen molar-refractivity contribution in [2.24, 2.45) is 5.16 Å². The van der Waals surface area contributed by atoms with Crippen molar-refractivity contribution >= 4 is 12.0 Å². The van der Waals surface area contributed by atoms with Gasteiger partial charge in [-0.1, -0.05) is 19.6 Å². The number of nitrogens with zero attached hydrogens (tertiary/aromatic N) is 1. The summed E-state index contributed by atoms with van der Waals surface area (Å²) in [6.07, 6.45) is 1.53. The number of amides is 1. The first-order valence-corrected chi connectivity index (χ1v) is 3.93. The fourth-order valence-electron chi connectivity index (χ4n) is 0.486. The lowest BCUT2D eigenvalue weighted by molar-refractivity contribution is 0.147. The van der Waals surface area contributed by atoms with Crippen molar-refractivity contribution in [2.75, 3.05) is 13.7 Å². The standard InChI is InChI=1S/C8H14N2O3/c1-4-6-12-7(5-2)10-13-8(11)9-3/h4H,1,5-6H2,2-3H3,(H,9,11). The van der Waals surface area contributed by atoms with Crippen LogP contribution >= 0.6 is 0 Å². The monoisotopic (exact) mass is 186 g/mol. The van der Waals surface area contributed by atoms with Crippen LogP contribution in [0.4, 0.5) is 4.79 Å². The first-order valence-electron chi connectivity index (χ1n) is 3.93. The molecule has 0 aliphatic carbocycles. The van der Waals surface area contributed by atoms with Crippen molar-refractivity contribution in [1.29, 1.82) is 0 Å². The molecule has 0 aromatic carbocycles. The molecule has 5 heteroatoms. The van der Waals surface area contributed by atoms with Gasteiger partial charge >= 0.3 is 6.09 Å². The molecule has 0 atom stereocenters. The summed E-state index contributed by atoms with van der Waals surface area (Å²) >= 11 is 0. The third kappa shape index (κ3) is 5.72. The van der Waals surface area contributed by atoms with Crippen molar-refractivity contribution in [3.8, 4) is 0 Å². The second-order valence-electron chi connectivity index (χ2n) is 2.07. The smallest absolute Gasteiger partial charge is 0.433 e. The third-order valence-electron chi connectivity index (χ3n) is 1.10. The van der Waals surface area contributed by atoms with E-state index in [0.717, 1.165) is 0 Å². The molecule has 0 fully saturated rings. The highest BCUT2D eigenvalue weighted by Crippen LogP contribution is 1.91. The number of ether oxygens (including phenoxy) is 1. The van der Waals surface area contributed by atoms with Crippen LogP contribution in [0.1, 0.15) is 13.3 Å². The molecular formula is C8H14N2O3. The molecule has 0 aliphatic heterocycles. The molecule has 0 aromatic heterocycles. The predicted octanol–water partition coefficient (Wildman–Crippen LogP) is 1.27. The van der Waals surface area contributed by atoms with Gasteiger partial charge in [-0.25, -0.2) is 4.79 Å². The number of hydrogen-bond acceptors (Lipinski definition) is 4. The second-order valence-corrected chi connectivity index (χ2v) is 2.07. The molecule has 5 nitrogen and oxygen atoms in total. The molecule has 1 amide bonds. The SMILES string of the molecule is C=CCOC(CC)=NOC(=O)NC. The fraction of sp³-hybridized carbons (Fsp3) is 0.500. The van der Waals surface area contributed by atoms with Crippen LogP contribution in [-0.4, -0.2) is 25.6 Å². The topological polar surface area (TPSA) is 59.9 Å². The van der Waals surface area contributed by atoms with E-state index in [2.05, 4.69) is 21.9 Å². The Morgan fingerprint density at radius 3 is 2.85 bits per heavy atom. The van der Waals surface area contributed by atoms with Gasteiger partial charge in [0, 0.05) is 13.5 Å². The van der Waals surface area contributed by atoms with E-state index in [-0.39, 0.29) is 0 Å². The number of hydrogen-bond donors (Lipinski definition) is 1. The van der Waals surface area contributed by atoms with Gasteiger partial charge in [-0.15, -0.1) is 0 Å². The highest BCUT2D eigenvalue weighted by Gasteiger charge is 1.99. The minimum Gasteiger partial charge on any atom is -0.474 e. The van der Waals surface area contributed by atoms with Crippen molar-refractivity contribution in [1.82, 2.24) is 5.32 Å². The van der Waals surface area contributed by atoms with Gasteiger partial charge in [-0.05, 0) is 5.16 Å². The van der Waals surface area contributed by atoms with Crippen LogP contribution in [0.5, 0.6) is 0 Å². The van der Waals surface area contributed by atoms with Gasteiger partial charge in [-0.3, -0.25) is 4.84 Å². The minimum atomic E-state index is -0.617. The van der Waals surface area contributed by atoms with E-state index in [0.29, 0.717) is 18.9 Å². The summed E-state index contributed by atoms with van der Waals surface area (Å²) < 4.78 is 5.06. The van der Waals surface area contributed by atoms with Crippen LogP contribution in [0.25, 0.3) is 0 Å². The van der Waals surface area contributed by atoms with E-state index in [1.54, 1.807) is 6.08 Å². The molecule has 0 heterocycles. The molecule has 0 rings (SSSR count). The summed E-state index contributed by atoms with van der Waals surface area (Å²) in [6, 6.07) is 0. The second kappa shape index (κ2) is 7.15. The van der Waals surface area contributed by atoms with Crippen LogP contribution in [0.2, 0.25) is 0 Å². The first kappa shape index (κ1) is 11.5. The highest BCUT2D eigenvalue weighted by atomic mass is 16.7. The van der Waals surface area contributed by atoms with Crippen molar-refractivity contribution in [2.45, 2.75) is 13.3 Å². The maximum absolute atomic E-state index is 10.6. The lowest BCUT2D eigenvalue weighted by Crippen LogP contribution is -2.18. The van der Waals surface area contributed by atoms with Crippen molar-refractivity contribution in [3.05, 3.63) is 12.7 Å². The van der Waals surface area contributed by atoms with Gasteiger partial charge in [0.1, 0.15) is 6.61 Å². The summed E-state index contributed by atoms with van der Waals surface area (Å²) in [4.78, 5) is 15.0. The van der Waals surface area contributed by atoms with E-state index < -0.39 is 6.09 Å². The summed E-state index contributed by atoms with van der Waals surface area (Å²) in [6.45, 7) is 5.67. The van der Waals surface area contributed by atoms with Gasteiger partial charge in [0.05, 0.1) is 0 Å². The highest BCUT2D eigenvalue weighted by molar-refractivity contribution is 5.76. The lowest BCUT2D eigenvalue weighted by atomic mass is 10.5. The van der Waals surface area contributed by atoms with Crippen molar-refractivity contribution in [3.63, 3.8) is 0 Å². The summed E-state index contributed by atoms with van der Waals surface area (Å²) in [5.74, 6) is 0.364. The summed E-state index contributed by atoms with van der Waals surface area (Å²) in [5.41, 5.74) is 0. The Morgan fingerprint density at radius 1 is 1.69 bits per heavy atom. The maximum Gasteiger partial charge on any atom is 0.433 e. The van der Waals surface area contributed by atoms with Crippen LogP contribution < -0.4 is 5.32 Å². The molecule has 0 unspecified atom stereocenters. The summed E-state index contributed by atoms with van der Waals surface area (Å²) in [7, 11) is 1.45. The molecule has 0 spiro atoms. The van der Waals surface area contributed by atoms with Gasteiger partial charge in [0.15, 0.2) is 0 Å². The minimum absolute atomic E-state index is 0.351. The Hall–Kier alpha value is -1.52. The maximum atomic E-state index is 10.6. The Kier molecular flexibility index (Phi) is 6.31. The van der Waals surface area contributed by atoms with Crippen molar-refractivity contribution < 1.29 is 14.4 Å². The number of oxime groups is 1. The van der Waals surface area contributed by atoms with Crippen LogP contribution in [0.15, 0.2) is 17.8 Å². The predicted molar refractivity (Wildman–Crippen MR) is 49.4 cm³/mol. The van der Waals surface area contributed by atoms with Gasteiger partial charge in [0.2, 0.25) is 5.90 Å². The Morgan fingerprint density at radius 2 is 2.38 bits per heavy atom. The zero-order valence-electron chi connectivity index (χ0n) is 7.87. The van der Waals surface area contributed by atoms with E-state index >= 15 is 0 Å². The molecule has 13 heavy (non-hydrogen) atoms. The normalized spacial score (nSPS) is 10.5. The Labute approximate surface area is 77.4 Å². The van der Waals surface area contributed by atoms with Gasteiger partial charge < -0.3 is 10.1 Å². The molecule has 1 N–H and O–H groups in total. The zero-order chi connectivity index (χ0) is 10.1. The van der Waals surface area contributed by atoms with Gasteiger partial charge in [-0.2, -0.15) is 0 Å². The number of carbonyl (C=O) groups excluding carboxylic acids is 1. The van der Waals surface area contributed by atoms with E-state index in [1.165, 1.54) is 7.05 Å². The summed E-state index contributed by atoms with van der Waals surface area (Å²) in [5, 5.41) is 5.74. The average Bonchev–Trinajstić information content (AvgIpc) is 2.17. The van der Waals surface area contributed by atoms with E-state index in [4.69, 9.17) is 4.74 Å². The molecule has 0 radical (unpaired) electrons. The molecule has 74 valence electrons. The van der Waals surface area contributed by atoms with Crippen LogP contribution in [0, 0.1) is 0 Å². The molecule has 0 saturated heterocycles. The molecule has 0 saturated carbocycles. The fourth-order valence-corrected chi connectivity index (χ4v) is 0.486. The zero-order valence-corrected chi connectivity index (χ0v) is 7.87. The van der Waals surface area contributed by atoms with E-state index in [1.807, 2.05) is 6.92 Å². The molecular weight excluding hydrogens is 172 g/mol. The molecule has 0 aromatic rings. The third-order valence-corrected chi connectivity index (χ3v) is 1.10. The number of nitrogens with one attached hydrogen (secondary N) is 1. The largest absolute Gasteiger partial charge is 0.474 e. The lowest BCUT2D eigenvalue weighted by Gasteiger charge is -2.03.